The monoisotopic (exact) mass is 303 g/mol. The quantitative estimate of drug-likeness (QED) is 0.885. The standard InChI is InChI=1S/C16H18BrN/c1-12-6-13(2)8-15(7-12)11-18-10-14-4-3-5-16(17)9-14/h3-9,18H,10-11H2,1-2H3. The van der Waals surface area contributed by atoms with Gasteiger partial charge in [0, 0.05) is 17.6 Å². The van der Waals surface area contributed by atoms with Gasteiger partial charge in [-0.15, -0.1) is 0 Å². The van der Waals surface area contributed by atoms with Gasteiger partial charge in [-0.25, -0.2) is 0 Å². The van der Waals surface area contributed by atoms with Gasteiger partial charge in [0.1, 0.15) is 0 Å². The second-order valence-corrected chi connectivity index (χ2v) is 5.65. The molecule has 0 bridgehead atoms. The van der Waals surface area contributed by atoms with E-state index in [0.29, 0.717) is 0 Å². The van der Waals surface area contributed by atoms with Crippen molar-refractivity contribution in [3.05, 3.63) is 69.2 Å². The van der Waals surface area contributed by atoms with Crippen LogP contribution in [0.5, 0.6) is 0 Å². The zero-order chi connectivity index (χ0) is 13.0. The molecule has 1 N–H and O–H groups in total. The van der Waals surface area contributed by atoms with Crippen LogP contribution in [-0.4, -0.2) is 0 Å². The first-order chi connectivity index (χ1) is 8.63. The minimum Gasteiger partial charge on any atom is -0.309 e. The molecule has 0 aromatic heterocycles. The summed E-state index contributed by atoms with van der Waals surface area (Å²) in [6.45, 7) is 6.09. The summed E-state index contributed by atoms with van der Waals surface area (Å²) < 4.78 is 1.13. The van der Waals surface area contributed by atoms with Crippen molar-refractivity contribution in [2.75, 3.05) is 0 Å². The molecule has 2 rings (SSSR count). The van der Waals surface area contributed by atoms with Crippen LogP contribution < -0.4 is 5.32 Å². The molecule has 1 nitrogen and oxygen atoms in total. The molecule has 0 unspecified atom stereocenters. The average molecular weight is 304 g/mol. The summed E-state index contributed by atoms with van der Waals surface area (Å²) in [6.07, 6.45) is 0. The van der Waals surface area contributed by atoms with Crippen LogP contribution in [0.2, 0.25) is 0 Å². The van der Waals surface area contributed by atoms with Crippen LogP contribution in [0.1, 0.15) is 22.3 Å². The lowest BCUT2D eigenvalue weighted by molar-refractivity contribution is 0.692. The van der Waals surface area contributed by atoms with E-state index in [1.165, 1.54) is 22.3 Å². The van der Waals surface area contributed by atoms with E-state index >= 15 is 0 Å². The molecule has 18 heavy (non-hydrogen) atoms. The van der Waals surface area contributed by atoms with Gasteiger partial charge in [-0.1, -0.05) is 57.4 Å². The Balaban J connectivity index is 1.92. The summed E-state index contributed by atoms with van der Waals surface area (Å²) in [5, 5.41) is 3.48. The Labute approximate surface area is 117 Å². The molecule has 0 spiro atoms. The van der Waals surface area contributed by atoms with Gasteiger partial charge < -0.3 is 5.32 Å². The Kier molecular flexibility index (Phi) is 4.56. The molecule has 0 amide bonds. The largest absolute Gasteiger partial charge is 0.309 e. The summed E-state index contributed by atoms with van der Waals surface area (Å²) in [4.78, 5) is 0. The number of hydrogen-bond donors (Lipinski definition) is 1. The van der Waals surface area contributed by atoms with Crippen molar-refractivity contribution >= 4 is 15.9 Å². The van der Waals surface area contributed by atoms with Gasteiger partial charge in [-0.05, 0) is 37.1 Å². The predicted octanol–water partition coefficient (Wildman–Crippen LogP) is 4.36. The van der Waals surface area contributed by atoms with Crippen molar-refractivity contribution in [3.8, 4) is 0 Å². The van der Waals surface area contributed by atoms with Crippen molar-refractivity contribution in [2.24, 2.45) is 0 Å². The molecule has 94 valence electrons. The molecule has 0 fully saturated rings. The first kappa shape index (κ1) is 13.3. The van der Waals surface area contributed by atoms with E-state index in [-0.39, 0.29) is 0 Å². The van der Waals surface area contributed by atoms with Gasteiger partial charge in [-0.2, -0.15) is 0 Å². The third-order valence-corrected chi connectivity index (χ3v) is 3.32. The lowest BCUT2D eigenvalue weighted by Crippen LogP contribution is -2.12. The summed E-state index contributed by atoms with van der Waals surface area (Å²) in [5.41, 5.74) is 5.31. The molecule has 0 atom stereocenters. The first-order valence-corrected chi connectivity index (χ1v) is 6.95. The third kappa shape index (κ3) is 3.97. The number of aryl methyl sites for hydroxylation is 2. The maximum Gasteiger partial charge on any atom is 0.0209 e. The molecule has 0 heterocycles. The van der Waals surface area contributed by atoms with Crippen molar-refractivity contribution in [2.45, 2.75) is 26.9 Å². The highest BCUT2D eigenvalue weighted by atomic mass is 79.9. The maximum atomic E-state index is 3.49. The van der Waals surface area contributed by atoms with E-state index in [2.05, 4.69) is 71.5 Å². The molecule has 2 aromatic carbocycles. The van der Waals surface area contributed by atoms with Crippen molar-refractivity contribution in [1.82, 2.24) is 5.32 Å². The third-order valence-electron chi connectivity index (χ3n) is 2.83. The predicted molar refractivity (Wildman–Crippen MR) is 80.6 cm³/mol. The fraction of sp³-hybridized carbons (Fsp3) is 0.250. The zero-order valence-electron chi connectivity index (χ0n) is 10.8. The lowest BCUT2D eigenvalue weighted by atomic mass is 10.1. The van der Waals surface area contributed by atoms with Crippen LogP contribution in [0.25, 0.3) is 0 Å². The van der Waals surface area contributed by atoms with Gasteiger partial charge in [-0.3, -0.25) is 0 Å². The fourth-order valence-electron chi connectivity index (χ4n) is 2.17. The summed E-state index contributed by atoms with van der Waals surface area (Å²) in [7, 11) is 0. The molecule has 0 aliphatic heterocycles. The van der Waals surface area contributed by atoms with Crippen LogP contribution in [0.15, 0.2) is 46.9 Å². The number of nitrogens with one attached hydrogen (secondary N) is 1. The normalized spacial score (nSPS) is 10.6. The Hall–Kier alpha value is -1.12. The van der Waals surface area contributed by atoms with Gasteiger partial charge >= 0.3 is 0 Å². The van der Waals surface area contributed by atoms with E-state index in [9.17, 15) is 0 Å². The molecule has 0 saturated heterocycles. The van der Waals surface area contributed by atoms with E-state index in [1.54, 1.807) is 0 Å². The minimum absolute atomic E-state index is 0.895. The van der Waals surface area contributed by atoms with E-state index < -0.39 is 0 Å². The van der Waals surface area contributed by atoms with Crippen molar-refractivity contribution < 1.29 is 0 Å². The second kappa shape index (κ2) is 6.17. The maximum absolute atomic E-state index is 3.49. The zero-order valence-corrected chi connectivity index (χ0v) is 12.4. The van der Waals surface area contributed by atoms with Crippen LogP contribution in [0.3, 0.4) is 0 Å². The summed E-state index contributed by atoms with van der Waals surface area (Å²) in [5.74, 6) is 0. The van der Waals surface area contributed by atoms with Gasteiger partial charge in [0.2, 0.25) is 0 Å². The Morgan fingerprint density at radius 1 is 0.889 bits per heavy atom. The van der Waals surface area contributed by atoms with E-state index in [4.69, 9.17) is 0 Å². The number of rotatable bonds is 4. The van der Waals surface area contributed by atoms with Gasteiger partial charge in [0.05, 0.1) is 0 Å². The van der Waals surface area contributed by atoms with Crippen molar-refractivity contribution in [1.29, 1.82) is 0 Å². The van der Waals surface area contributed by atoms with Crippen LogP contribution in [0.4, 0.5) is 0 Å². The highest BCUT2D eigenvalue weighted by molar-refractivity contribution is 9.10. The second-order valence-electron chi connectivity index (χ2n) is 4.73. The Bertz CT molecular complexity index is 514. The number of halogens is 1. The molecular formula is C16H18BrN. The lowest BCUT2D eigenvalue weighted by Gasteiger charge is -2.07. The van der Waals surface area contributed by atoms with E-state index in [1.807, 2.05) is 6.07 Å². The number of hydrogen-bond acceptors (Lipinski definition) is 1. The smallest absolute Gasteiger partial charge is 0.0209 e. The Morgan fingerprint density at radius 2 is 1.56 bits per heavy atom. The fourth-order valence-corrected chi connectivity index (χ4v) is 2.62. The summed E-state index contributed by atoms with van der Waals surface area (Å²) >= 11 is 3.49. The molecule has 2 heteroatoms. The highest BCUT2D eigenvalue weighted by Gasteiger charge is 1.97. The number of benzene rings is 2. The minimum atomic E-state index is 0.895. The molecule has 0 saturated carbocycles. The molecule has 0 aliphatic rings. The average Bonchev–Trinajstić information content (AvgIpc) is 2.27. The van der Waals surface area contributed by atoms with Crippen LogP contribution in [0, 0.1) is 13.8 Å². The highest BCUT2D eigenvalue weighted by Crippen LogP contribution is 2.12. The topological polar surface area (TPSA) is 12.0 Å². The van der Waals surface area contributed by atoms with Crippen LogP contribution in [-0.2, 0) is 13.1 Å². The molecular weight excluding hydrogens is 286 g/mol. The molecule has 0 aliphatic carbocycles. The summed E-state index contributed by atoms with van der Waals surface area (Å²) in [6, 6.07) is 15.1. The van der Waals surface area contributed by atoms with Crippen LogP contribution >= 0.6 is 15.9 Å². The van der Waals surface area contributed by atoms with E-state index in [0.717, 1.165) is 17.6 Å². The van der Waals surface area contributed by atoms with Gasteiger partial charge in [0.15, 0.2) is 0 Å². The molecule has 0 radical (unpaired) electrons. The van der Waals surface area contributed by atoms with Gasteiger partial charge in [0.25, 0.3) is 0 Å². The van der Waals surface area contributed by atoms with Crippen molar-refractivity contribution in [3.63, 3.8) is 0 Å². The SMILES string of the molecule is Cc1cc(C)cc(CNCc2cccc(Br)c2)c1. The molecule has 2 aromatic rings. The Morgan fingerprint density at radius 3 is 2.22 bits per heavy atom. The first-order valence-electron chi connectivity index (χ1n) is 6.16.